The Morgan fingerprint density at radius 3 is 2.53 bits per heavy atom. The zero-order valence-corrected chi connectivity index (χ0v) is 11.3. The number of piperidine rings is 1. The molecule has 1 saturated heterocycles. The van der Waals surface area contributed by atoms with Gasteiger partial charge in [0, 0.05) is 24.9 Å². The molecule has 2 rings (SSSR count). The lowest BCUT2D eigenvalue weighted by Crippen LogP contribution is -2.43. The lowest BCUT2D eigenvalue weighted by atomic mass is 10.0. The number of carbonyl (C=O) groups excluding carboxylic acids is 1. The summed E-state index contributed by atoms with van der Waals surface area (Å²) >= 11 is 5.59. The highest BCUT2D eigenvalue weighted by molar-refractivity contribution is 6.17. The number of likely N-dealkylation sites (tertiary alicyclic amines) is 1. The van der Waals surface area contributed by atoms with Crippen LogP contribution in [0.2, 0.25) is 0 Å². The van der Waals surface area contributed by atoms with Crippen LogP contribution in [0.25, 0.3) is 0 Å². The minimum Gasteiger partial charge on any atom is -0.377 e. The van der Waals surface area contributed by atoms with Gasteiger partial charge in [-0.3, -0.25) is 4.79 Å². The fraction of sp³-hybridized carbons (Fsp3) is 0.923. The summed E-state index contributed by atoms with van der Waals surface area (Å²) < 4.78 is 5.61. The molecule has 0 aromatic rings. The zero-order chi connectivity index (χ0) is 12.3. The molecule has 0 bridgehead atoms. The van der Waals surface area contributed by atoms with Gasteiger partial charge in [0.05, 0.1) is 12.7 Å². The highest BCUT2D eigenvalue weighted by Crippen LogP contribution is 2.37. The second-order valence-corrected chi connectivity index (χ2v) is 5.59. The lowest BCUT2D eigenvalue weighted by Gasteiger charge is -2.33. The molecule has 4 heteroatoms. The van der Waals surface area contributed by atoms with Crippen LogP contribution in [0.4, 0.5) is 0 Å². The number of hydrogen-bond acceptors (Lipinski definition) is 2. The molecule has 2 aliphatic rings. The predicted octanol–water partition coefficient (Wildman–Crippen LogP) is 2.28. The van der Waals surface area contributed by atoms with E-state index in [0.29, 0.717) is 30.4 Å². The molecule has 1 aliphatic heterocycles. The van der Waals surface area contributed by atoms with Gasteiger partial charge in [0.15, 0.2) is 0 Å². The first-order chi connectivity index (χ1) is 8.22. The van der Waals surface area contributed by atoms with Crippen LogP contribution in [0.1, 0.15) is 32.6 Å². The molecule has 1 saturated carbocycles. The van der Waals surface area contributed by atoms with Crippen molar-refractivity contribution in [1.82, 2.24) is 4.90 Å². The third-order valence-corrected chi connectivity index (χ3v) is 4.06. The Morgan fingerprint density at radius 2 is 2.00 bits per heavy atom. The van der Waals surface area contributed by atoms with E-state index in [0.717, 1.165) is 25.9 Å². The van der Waals surface area contributed by atoms with Crippen LogP contribution in [0.15, 0.2) is 0 Å². The molecule has 0 aromatic heterocycles. The van der Waals surface area contributed by atoms with Gasteiger partial charge in [-0.1, -0.05) is 6.92 Å². The highest BCUT2D eigenvalue weighted by Gasteiger charge is 2.35. The van der Waals surface area contributed by atoms with Crippen LogP contribution in [0, 0.1) is 11.8 Å². The number of halogens is 1. The summed E-state index contributed by atoms with van der Waals surface area (Å²) in [6, 6.07) is 0. The van der Waals surface area contributed by atoms with Gasteiger partial charge in [0.25, 0.3) is 0 Å². The predicted molar refractivity (Wildman–Crippen MR) is 68.2 cm³/mol. The van der Waals surface area contributed by atoms with Crippen LogP contribution in [-0.4, -0.2) is 42.5 Å². The minimum atomic E-state index is 0.232. The van der Waals surface area contributed by atoms with Crippen molar-refractivity contribution in [3.05, 3.63) is 0 Å². The number of carbonyl (C=O) groups is 1. The summed E-state index contributed by atoms with van der Waals surface area (Å²) in [4.78, 5) is 14.2. The van der Waals surface area contributed by atoms with Gasteiger partial charge in [0.1, 0.15) is 0 Å². The second-order valence-electron chi connectivity index (χ2n) is 5.21. The molecule has 1 heterocycles. The topological polar surface area (TPSA) is 29.5 Å². The minimum absolute atomic E-state index is 0.232. The molecule has 0 spiro atoms. The van der Waals surface area contributed by atoms with Crippen LogP contribution < -0.4 is 0 Å². The summed E-state index contributed by atoms with van der Waals surface area (Å²) in [6.45, 7) is 4.40. The average molecular weight is 260 g/mol. The van der Waals surface area contributed by atoms with Crippen molar-refractivity contribution in [2.45, 2.75) is 38.7 Å². The average Bonchev–Trinajstić information content (AvgIpc) is 3.19. The molecule has 98 valence electrons. The van der Waals surface area contributed by atoms with E-state index < -0.39 is 0 Å². The molecule has 1 unspecified atom stereocenters. The van der Waals surface area contributed by atoms with E-state index in [9.17, 15) is 4.79 Å². The molecule has 2 fully saturated rings. The summed E-state index contributed by atoms with van der Waals surface area (Å²) in [7, 11) is 0. The SMILES string of the molecule is CC(C(=O)N1CCC(OCCCl)CC1)C1CC1. The van der Waals surface area contributed by atoms with Gasteiger partial charge in [0.2, 0.25) is 5.91 Å². The Labute approximate surface area is 108 Å². The third kappa shape index (κ3) is 3.59. The molecule has 0 radical (unpaired) electrons. The van der Waals surface area contributed by atoms with Gasteiger partial charge in [-0.25, -0.2) is 0 Å². The smallest absolute Gasteiger partial charge is 0.225 e. The first kappa shape index (κ1) is 13.2. The van der Waals surface area contributed by atoms with Crippen molar-refractivity contribution in [3.8, 4) is 0 Å². The first-order valence-corrected chi connectivity index (χ1v) is 7.22. The largest absolute Gasteiger partial charge is 0.377 e. The summed E-state index contributed by atoms with van der Waals surface area (Å²) in [5.74, 6) is 1.80. The Hall–Kier alpha value is -0.280. The van der Waals surface area contributed by atoms with Crippen molar-refractivity contribution >= 4 is 17.5 Å². The zero-order valence-electron chi connectivity index (χ0n) is 10.5. The van der Waals surface area contributed by atoms with E-state index in [1.54, 1.807) is 0 Å². The molecule has 17 heavy (non-hydrogen) atoms. The normalized spacial score (nSPS) is 23.8. The molecule has 3 nitrogen and oxygen atoms in total. The van der Waals surface area contributed by atoms with Crippen molar-refractivity contribution < 1.29 is 9.53 Å². The number of alkyl halides is 1. The molecule has 0 N–H and O–H groups in total. The Kier molecular flexibility index (Phi) is 4.69. The van der Waals surface area contributed by atoms with Crippen LogP contribution >= 0.6 is 11.6 Å². The van der Waals surface area contributed by atoms with Crippen molar-refractivity contribution in [3.63, 3.8) is 0 Å². The maximum atomic E-state index is 12.2. The lowest BCUT2D eigenvalue weighted by molar-refractivity contribution is -0.138. The second kappa shape index (κ2) is 6.05. The van der Waals surface area contributed by atoms with E-state index in [4.69, 9.17) is 16.3 Å². The summed E-state index contributed by atoms with van der Waals surface area (Å²) in [5, 5.41) is 0. The Bertz CT molecular complexity index is 260. The van der Waals surface area contributed by atoms with Crippen molar-refractivity contribution in [1.29, 1.82) is 0 Å². The maximum Gasteiger partial charge on any atom is 0.225 e. The number of nitrogens with zero attached hydrogens (tertiary/aromatic N) is 1. The molecule has 1 amide bonds. The van der Waals surface area contributed by atoms with E-state index in [-0.39, 0.29) is 5.92 Å². The standard InChI is InChI=1S/C13H22ClNO2/c1-10(11-2-3-11)13(16)15-7-4-12(5-8-15)17-9-6-14/h10-12H,2-9H2,1H3. The molecular formula is C13H22ClNO2. The Morgan fingerprint density at radius 1 is 1.35 bits per heavy atom. The number of ether oxygens (including phenoxy) is 1. The van der Waals surface area contributed by atoms with Crippen molar-refractivity contribution in [2.75, 3.05) is 25.6 Å². The fourth-order valence-corrected chi connectivity index (χ4v) is 2.63. The van der Waals surface area contributed by atoms with E-state index in [1.165, 1.54) is 12.8 Å². The molecule has 1 atom stereocenters. The maximum absolute atomic E-state index is 12.2. The van der Waals surface area contributed by atoms with Gasteiger partial charge < -0.3 is 9.64 Å². The summed E-state index contributed by atoms with van der Waals surface area (Å²) in [5.41, 5.74) is 0. The van der Waals surface area contributed by atoms with Crippen LogP contribution in [0.3, 0.4) is 0 Å². The first-order valence-electron chi connectivity index (χ1n) is 6.68. The number of hydrogen-bond donors (Lipinski definition) is 0. The van der Waals surface area contributed by atoms with Crippen LogP contribution in [0.5, 0.6) is 0 Å². The Balaban J connectivity index is 1.72. The molecule has 0 aromatic carbocycles. The van der Waals surface area contributed by atoms with Gasteiger partial charge in [-0.05, 0) is 31.6 Å². The molecule has 1 aliphatic carbocycles. The number of rotatable bonds is 5. The van der Waals surface area contributed by atoms with Gasteiger partial charge in [-0.15, -0.1) is 11.6 Å². The fourth-order valence-electron chi connectivity index (χ4n) is 2.54. The molecular weight excluding hydrogens is 238 g/mol. The monoisotopic (exact) mass is 259 g/mol. The number of amides is 1. The summed E-state index contributed by atoms with van der Waals surface area (Å²) in [6.07, 6.45) is 4.69. The quantitative estimate of drug-likeness (QED) is 0.709. The van der Waals surface area contributed by atoms with Gasteiger partial charge >= 0.3 is 0 Å². The van der Waals surface area contributed by atoms with E-state index in [2.05, 4.69) is 6.92 Å². The van der Waals surface area contributed by atoms with E-state index in [1.807, 2.05) is 4.90 Å². The highest BCUT2D eigenvalue weighted by atomic mass is 35.5. The van der Waals surface area contributed by atoms with Crippen molar-refractivity contribution in [2.24, 2.45) is 11.8 Å². The van der Waals surface area contributed by atoms with Crippen LogP contribution in [-0.2, 0) is 9.53 Å². The van der Waals surface area contributed by atoms with Gasteiger partial charge in [-0.2, -0.15) is 0 Å². The van der Waals surface area contributed by atoms with E-state index >= 15 is 0 Å². The third-order valence-electron chi connectivity index (χ3n) is 3.90.